The number of rotatable bonds is 7. The molecule has 0 spiro atoms. The Balaban J connectivity index is 2.85. The predicted octanol–water partition coefficient (Wildman–Crippen LogP) is 1.02. The molecule has 0 aliphatic carbocycles. The lowest BCUT2D eigenvalue weighted by Gasteiger charge is -2.04. The van der Waals surface area contributed by atoms with E-state index in [-0.39, 0.29) is 6.61 Å². The number of ether oxygens (including phenoxy) is 2. The molecule has 0 amide bonds. The van der Waals surface area contributed by atoms with Crippen molar-refractivity contribution in [2.24, 2.45) is 0 Å². The molecular formula is C8H15O3. The van der Waals surface area contributed by atoms with Gasteiger partial charge in [-0.05, 0) is 6.92 Å². The highest BCUT2D eigenvalue weighted by atomic mass is 16.5. The summed E-state index contributed by atoms with van der Waals surface area (Å²) < 4.78 is 9.99. The van der Waals surface area contributed by atoms with E-state index in [1.165, 1.54) is 0 Å². The fraction of sp³-hybridized carbons (Fsp3) is 0.750. The molecule has 1 radical (unpaired) electrons. The smallest absolute Gasteiger partial charge is 0.113 e. The van der Waals surface area contributed by atoms with Crippen molar-refractivity contribution >= 4 is 0 Å². The highest BCUT2D eigenvalue weighted by Gasteiger charge is 1.95. The van der Waals surface area contributed by atoms with Crippen molar-refractivity contribution < 1.29 is 14.6 Å². The van der Waals surface area contributed by atoms with Crippen LogP contribution in [0.1, 0.15) is 6.92 Å². The van der Waals surface area contributed by atoms with E-state index >= 15 is 0 Å². The minimum atomic E-state index is -0.644. The topological polar surface area (TPSA) is 38.4 Å². The molecule has 0 rings (SSSR count). The average molecular weight is 159 g/mol. The molecule has 3 heteroatoms. The first-order valence-electron chi connectivity index (χ1n) is 3.69. The minimum Gasteiger partial charge on any atom is -0.376 e. The number of hydrogen-bond acceptors (Lipinski definition) is 2. The Morgan fingerprint density at radius 3 is 2.64 bits per heavy atom. The maximum atomic E-state index is 10.4. The van der Waals surface area contributed by atoms with Gasteiger partial charge in [0.25, 0.3) is 0 Å². The molecule has 1 atom stereocenters. The Labute approximate surface area is 67.6 Å². The fourth-order valence-electron chi connectivity index (χ4n) is 0.534. The molecule has 0 heterocycles. The van der Waals surface area contributed by atoms with Gasteiger partial charge in [-0.2, -0.15) is 0 Å². The SMILES string of the molecule is C=CCOCCOCC(C)[O]. The summed E-state index contributed by atoms with van der Waals surface area (Å²) in [5.41, 5.74) is 0. The van der Waals surface area contributed by atoms with Crippen LogP contribution in [0.15, 0.2) is 12.7 Å². The first-order chi connectivity index (χ1) is 5.27. The second kappa shape index (κ2) is 7.72. The van der Waals surface area contributed by atoms with E-state index in [1.54, 1.807) is 13.0 Å². The highest BCUT2D eigenvalue weighted by molar-refractivity contribution is 4.63. The lowest BCUT2D eigenvalue weighted by molar-refractivity contribution is -0.0112. The molecule has 0 saturated carbocycles. The molecule has 0 saturated heterocycles. The van der Waals surface area contributed by atoms with Crippen molar-refractivity contribution in [2.75, 3.05) is 26.4 Å². The summed E-state index contributed by atoms with van der Waals surface area (Å²) in [4.78, 5) is 0. The zero-order valence-corrected chi connectivity index (χ0v) is 6.91. The van der Waals surface area contributed by atoms with Crippen LogP contribution >= 0.6 is 0 Å². The Morgan fingerprint density at radius 2 is 2.09 bits per heavy atom. The Morgan fingerprint density at radius 1 is 1.45 bits per heavy atom. The van der Waals surface area contributed by atoms with Crippen LogP contribution in [0.25, 0.3) is 0 Å². The van der Waals surface area contributed by atoms with Crippen molar-refractivity contribution in [1.82, 2.24) is 0 Å². The lowest BCUT2D eigenvalue weighted by Crippen LogP contribution is -2.12. The van der Waals surface area contributed by atoms with Gasteiger partial charge >= 0.3 is 0 Å². The van der Waals surface area contributed by atoms with Gasteiger partial charge in [0.2, 0.25) is 0 Å². The summed E-state index contributed by atoms with van der Waals surface area (Å²) in [6, 6.07) is 0. The third-order valence-electron chi connectivity index (χ3n) is 0.960. The van der Waals surface area contributed by atoms with Gasteiger partial charge < -0.3 is 9.47 Å². The minimum absolute atomic E-state index is 0.261. The molecule has 0 aliphatic heterocycles. The van der Waals surface area contributed by atoms with Crippen LogP contribution in [0.4, 0.5) is 0 Å². The third-order valence-corrected chi connectivity index (χ3v) is 0.960. The fourth-order valence-corrected chi connectivity index (χ4v) is 0.534. The van der Waals surface area contributed by atoms with Gasteiger partial charge in [-0.3, -0.25) is 0 Å². The molecule has 0 aromatic rings. The lowest BCUT2D eigenvalue weighted by atomic mass is 10.4. The zero-order valence-electron chi connectivity index (χ0n) is 6.91. The Kier molecular flexibility index (Phi) is 7.46. The van der Waals surface area contributed by atoms with Crippen LogP contribution in [0.5, 0.6) is 0 Å². The third kappa shape index (κ3) is 9.62. The molecule has 11 heavy (non-hydrogen) atoms. The molecule has 0 aromatic carbocycles. The second-order valence-electron chi connectivity index (χ2n) is 2.25. The van der Waals surface area contributed by atoms with E-state index in [0.717, 1.165) is 0 Å². The molecule has 65 valence electrons. The molecule has 1 unspecified atom stereocenters. The van der Waals surface area contributed by atoms with Crippen LogP contribution in [0, 0.1) is 0 Å². The summed E-state index contributed by atoms with van der Waals surface area (Å²) in [6.07, 6.45) is 1.03. The molecular weight excluding hydrogens is 144 g/mol. The average Bonchev–Trinajstić information content (AvgIpc) is 1.96. The second-order valence-corrected chi connectivity index (χ2v) is 2.25. The first-order valence-corrected chi connectivity index (χ1v) is 3.69. The van der Waals surface area contributed by atoms with Crippen LogP contribution in [0.3, 0.4) is 0 Å². The van der Waals surface area contributed by atoms with Gasteiger partial charge in [-0.15, -0.1) is 6.58 Å². The Hall–Kier alpha value is -0.380. The summed E-state index contributed by atoms with van der Waals surface area (Å²) >= 11 is 0. The zero-order chi connectivity index (χ0) is 8.53. The molecule has 3 nitrogen and oxygen atoms in total. The van der Waals surface area contributed by atoms with E-state index in [1.807, 2.05) is 0 Å². The maximum Gasteiger partial charge on any atom is 0.113 e. The van der Waals surface area contributed by atoms with Crippen LogP contribution in [-0.2, 0) is 14.6 Å². The van der Waals surface area contributed by atoms with E-state index in [0.29, 0.717) is 19.8 Å². The van der Waals surface area contributed by atoms with E-state index < -0.39 is 6.10 Å². The molecule has 0 aliphatic rings. The largest absolute Gasteiger partial charge is 0.376 e. The van der Waals surface area contributed by atoms with Gasteiger partial charge in [0.1, 0.15) is 6.10 Å². The normalized spacial score (nSPS) is 12.9. The summed E-state index contributed by atoms with van der Waals surface area (Å²) in [5, 5.41) is 10.4. The summed E-state index contributed by atoms with van der Waals surface area (Å²) in [5.74, 6) is 0. The van der Waals surface area contributed by atoms with E-state index in [4.69, 9.17) is 9.47 Å². The van der Waals surface area contributed by atoms with Crippen molar-refractivity contribution in [1.29, 1.82) is 0 Å². The monoisotopic (exact) mass is 159 g/mol. The van der Waals surface area contributed by atoms with Crippen LogP contribution in [0.2, 0.25) is 0 Å². The molecule has 0 aromatic heterocycles. The van der Waals surface area contributed by atoms with Crippen molar-refractivity contribution in [3.8, 4) is 0 Å². The summed E-state index contributed by atoms with van der Waals surface area (Å²) in [6.45, 7) is 6.88. The standard InChI is InChI=1S/C8H15O3/c1-3-4-10-5-6-11-7-8(2)9/h3,8H,1,4-7H2,2H3. The van der Waals surface area contributed by atoms with Gasteiger partial charge in [0.05, 0.1) is 26.4 Å². The van der Waals surface area contributed by atoms with Gasteiger partial charge in [0.15, 0.2) is 0 Å². The molecule has 0 fully saturated rings. The van der Waals surface area contributed by atoms with Gasteiger partial charge in [0, 0.05) is 0 Å². The van der Waals surface area contributed by atoms with Crippen molar-refractivity contribution in [3.63, 3.8) is 0 Å². The molecule has 0 N–H and O–H groups in total. The maximum absolute atomic E-state index is 10.4. The quantitative estimate of drug-likeness (QED) is 0.411. The van der Waals surface area contributed by atoms with Crippen LogP contribution < -0.4 is 0 Å². The van der Waals surface area contributed by atoms with Crippen molar-refractivity contribution in [2.45, 2.75) is 13.0 Å². The van der Waals surface area contributed by atoms with Gasteiger partial charge in [-0.1, -0.05) is 6.08 Å². The van der Waals surface area contributed by atoms with Crippen molar-refractivity contribution in [3.05, 3.63) is 12.7 Å². The van der Waals surface area contributed by atoms with E-state index in [2.05, 4.69) is 6.58 Å². The Bertz CT molecular complexity index is 91.3. The number of hydrogen-bond donors (Lipinski definition) is 0. The highest BCUT2D eigenvalue weighted by Crippen LogP contribution is 1.84. The van der Waals surface area contributed by atoms with E-state index in [9.17, 15) is 5.11 Å². The first kappa shape index (κ1) is 10.6. The molecule has 0 bridgehead atoms. The summed E-state index contributed by atoms with van der Waals surface area (Å²) in [7, 11) is 0. The van der Waals surface area contributed by atoms with Crippen LogP contribution in [-0.4, -0.2) is 32.5 Å². The predicted molar refractivity (Wildman–Crippen MR) is 42.0 cm³/mol. The van der Waals surface area contributed by atoms with Gasteiger partial charge in [-0.25, -0.2) is 5.11 Å².